The molecule has 3 aromatic rings. The number of amides is 1. The molecule has 5 nitrogen and oxygen atoms in total. The highest BCUT2D eigenvalue weighted by atomic mass is 32.1. The Hall–Kier alpha value is -2.44. The van der Waals surface area contributed by atoms with Gasteiger partial charge in [-0.15, -0.1) is 0 Å². The van der Waals surface area contributed by atoms with Crippen LogP contribution in [-0.4, -0.2) is 49.6 Å². The zero-order chi connectivity index (χ0) is 19.9. The molecular weight excluding hydrogens is 370 g/mol. The number of ether oxygens (including phenoxy) is 1. The van der Waals surface area contributed by atoms with E-state index in [1.54, 1.807) is 16.2 Å². The number of thiazole rings is 1. The van der Waals surface area contributed by atoms with Gasteiger partial charge in [0.05, 0.1) is 16.8 Å². The second-order valence-corrected chi connectivity index (χ2v) is 7.96. The van der Waals surface area contributed by atoms with E-state index in [9.17, 15) is 4.79 Å². The van der Waals surface area contributed by atoms with Gasteiger partial charge in [-0.2, -0.15) is 0 Å². The number of para-hydroxylation sites is 1. The second-order valence-electron chi connectivity index (χ2n) is 6.95. The first-order chi connectivity index (χ1) is 13.6. The van der Waals surface area contributed by atoms with Crippen molar-refractivity contribution < 1.29 is 9.53 Å². The average Bonchev–Trinajstić information content (AvgIpc) is 3.12. The summed E-state index contributed by atoms with van der Waals surface area (Å²) in [7, 11) is 4.01. The summed E-state index contributed by atoms with van der Waals surface area (Å²) < 4.78 is 6.86. The first-order valence-corrected chi connectivity index (χ1v) is 10.4. The van der Waals surface area contributed by atoms with Crippen LogP contribution in [0.2, 0.25) is 0 Å². The van der Waals surface area contributed by atoms with Crippen LogP contribution in [0.4, 0.5) is 5.13 Å². The number of benzene rings is 2. The molecule has 6 heteroatoms. The van der Waals surface area contributed by atoms with E-state index >= 15 is 0 Å². The fourth-order valence-corrected chi connectivity index (χ4v) is 3.76. The van der Waals surface area contributed by atoms with Gasteiger partial charge >= 0.3 is 0 Å². The fourth-order valence-electron chi connectivity index (χ4n) is 2.77. The van der Waals surface area contributed by atoms with Crippen LogP contribution in [-0.2, 0) is 0 Å². The van der Waals surface area contributed by atoms with Gasteiger partial charge in [0.1, 0.15) is 5.75 Å². The van der Waals surface area contributed by atoms with E-state index in [1.165, 1.54) is 0 Å². The van der Waals surface area contributed by atoms with Gasteiger partial charge in [0, 0.05) is 18.7 Å². The molecule has 0 aliphatic carbocycles. The number of likely N-dealkylation sites (N-methyl/N-ethyl adjacent to an activating group) is 1. The summed E-state index contributed by atoms with van der Waals surface area (Å²) in [6.07, 6.45) is 2.08. The zero-order valence-electron chi connectivity index (χ0n) is 16.7. The Labute approximate surface area is 170 Å². The molecule has 0 saturated carbocycles. The zero-order valence-corrected chi connectivity index (χ0v) is 17.5. The molecule has 0 spiro atoms. The lowest BCUT2D eigenvalue weighted by Gasteiger charge is -2.22. The van der Waals surface area contributed by atoms with E-state index in [1.807, 2.05) is 62.6 Å². The lowest BCUT2D eigenvalue weighted by Crippen LogP contribution is -2.36. The topological polar surface area (TPSA) is 45.7 Å². The number of aromatic nitrogens is 1. The van der Waals surface area contributed by atoms with Crippen molar-refractivity contribution in [3.05, 3.63) is 54.1 Å². The highest BCUT2D eigenvalue weighted by Gasteiger charge is 2.21. The van der Waals surface area contributed by atoms with Crippen molar-refractivity contribution in [2.45, 2.75) is 19.8 Å². The monoisotopic (exact) mass is 397 g/mol. The number of hydrogen-bond donors (Lipinski definition) is 0. The second kappa shape index (κ2) is 9.66. The van der Waals surface area contributed by atoms with Crippen LogP contribution in [0, 0.1) is 0 Å². The third-order valence-electron chi connectivity index (χ3n) is 4.38. The Kier molecular flexibility index (Phi) is 7.01. The van der Waals surface area contributed by atoms with Gasteiger partial charge in [-0.1, -0.05) is 42.9 Å². The first kappa shape index (κ1) is 20.3. The van der Waals surface area contributed by atoms with Crippen LogP contribution >= 0.6 is 11.3 Å². The van der Waals surface area contributed by atoms with Crippen molar-refractivity contribution in [2.75, 3.05) is 38.7 Å². The summed E-state index contributed by atoms with van der Waals surface area (Å²) in [6.45, 7) is 4.13. The first-order valence-electron chi connectivity index (χ1n) is 9.63. The quantitative estimate of drug-likeness (QED) is 0.492. The molecule has 1 heterocycles. The summed E-state index contributed by atoms with van der Waals surface area (Å²) >= 11 is 1.55. The minimum Gasteiger partial charge on any atom is -0.494 e. The van der Waals surface area contributed by atoms with Crippen LogP contribution in [0.5, 0.6) is 5.75 Å². The van der Waals surface area contributed by atoms with Crippen LogP contribution in [0.3, 0.4) is 0 Å². The van der Waals surface area contributed by atoms with Gasteiger partial charge in [-0.05, 0) is 50.8 Å². The predicted molar refractivity (Wildman–Crippen MR) is 117 cm³/mol. The molecule has 0 fully saturated rings. The third-order valence-corrected chi connectivity index (χ3v) is 5.44. The third kappa shape index (κ3) is 5.09. The molecular formula is C22H27N3O2S. The molecule has 28 heavy (non-hydrogen) atoms. The minimum atomic E-state index is -0.0538. The van der Waals surface area contributed by atoms with Gasteiger partial charge in [-0.3, -0.25) is 9.69 Å². The molecule has 0 radical (unpaired) electrons. The summed E-state index contributed by atoms with van der Waals surface area (Å²) in [5.74, 6) is 0.679. The molecule has 148 valence electrons. The Morgan fingerprint density at radius 2 is 1.93 bits per heavy atom. The van der Waals surface area contributed by atoms with E-state index in [0.717, 1.165) is 40.5 Å². The maximum atomic E-state index is 13.3. The Morgan fingerprint density at radius 1 is 1.11 bits per heavy atom. The van der Waals surface area contributed by atoms with Crippen molar-refractivity contribution in [3.63, 3.8) is 0 Å². The smallest absolute Gasteiger partial charge is 0.260 e. The minimum absolute atomic E-state index is 0.0538. The van der Waals surface area contributed by atoms with E-state index in [0.29, 0.717) is 18.7 Å². The van der Waals surface area contributed by atoms with Gasteiger partial charge in [0.25, 0.3) is 5.91 Å². The Morgan fingerprint density at radius 3 is 2.68 bits per heavy atom. The standard InChI is InChI=1S/C22H27N3O2S/c1-4-5-15-27-18-10-8-9-17(16-18)21(26)25(14-13-24(2)3)22-23-19-11-6-7-12-20(19)28-22/h6-12,16H,4-5,13-15H2,1-3H3. The van der Waals surface area contributed by atoms with Crippen molar-refractivity contribution in [2.24, 2.45) is 0 Å². The molecule has 0 bridgehead atoms. The van der Waals surface area contributed by atoms with Gasteiger partial charge < -0.3 is 9.64 Å². The maximum absolute atomic E-state index is 13.3. The molecule has 0 N–H and O–H groups in total. The molecule has 0 aliphatic heterocycles. The average molecular weight is 398 g/mol. The van der Waals surface area contributed by atoms with E-state index < -0.39 is 0 Å². The summed E-state index contributed by atoms with van der Waals surface area (Å²) in [5.41, 5.74) is 1.54. The van der Waals surface area contributed by atoms with Gasteiger partial charge in [0.2, 0.25) is 0 Å². The number of anilines is 1. The Balaban J connectivity index is 1.87. The Bertz CT molecular complexity index is 890. The number of hydrogen-bond acceptors (Lipinski definition) is 5. The number of nitrogens with zero attached hydrogens (tertiary/aromatic N) is 3. The van der Waals surface area contributed by atoms with E-state index in [4.69, 9.17) is 9.72 Å². The summed E-state index contributed by atoms with van der Waals surface area (Å²) in [5, 5.41) is 0.727. The largest absolute Gasteiger partial charge is 0.494 e. The number of carbonyl (C=O) groups is 1. The fraction of sp³-hybridized carbons (Fsp3) is 0.364. The lowest BCUT2D eigenvalue weighted by atomic mass is 10.2. The molecule has 0 saturated heterocycles. The van der Waals surface area contributed by atoms with Crippen molar-refractivity contribution in [1.82, 2.24) is 9.88 Å². The summed E-state index contributed by atoms with van der Waals surface area (Å²) in [6, 6.07) is 15.4. The molecule has 0 aliphatic rings. The van der Waals surface area contributed by atoms with Crippen molar-refractivity contribution in [1.29, 1.82) is 0 Å². The number of rotatable bonds is 9. The van der Waals surface area contributed by atoms with Crippen LogP contribution < -0.4 is 9.64 Å². The van der Waals surface area contributed by atoms with Crippen LogP contribution in [0.15, 0.2) is 48.5 Å². The van der Waals surface area contributed by atoms with E-state index in [2.05, 4.69) is 11.8 Å². The maximum Gasteiger partial charge on any atom is 0.260 e. The molecule has 2 aromatic carbocycles. The van der Waals surface area contributed by atoms with Crippen LogP contribution in [0.25, 0.3) is 10.2 Å². The predicted octanol–water partition coefficient (Wildman–Crippen LogP) is 4.68. The summed E-state index contributed by atoms with van der Waals surface area (Å²) in [4.78, 5) is 21.9. The molecule has 0 atom stereocenters. The highest BCUT2D eigenvalue weighted by molar-refractivity contribution is 7.22. The molecule has 1 aromatic heterocycles. The van der Waals surface area contributed by atoms with E-state index in [-0.39, 0.29) is 5.91 Å². The van der Waals surface area contributed by atoms with Crippen LogP contribution in [0.1, 0.15) is 30.1 Å². The molecule has 3 rings (SSSR count). The SMILES string of the molecule is CCCCOc1cccc(C(=O)N(CCN(C)C)c2nc3ccccc3s2)c1. The number of unbranched alkanes of at least 4 members (excludes halogenated alkanes) is 1. The van der Waals surface area contributed by atoms with Crippen molar-refractivity contribution >= 4 is 32.6 Å². The van der Waals surface area contributed by atoms with Crippen molar-refractivity contribution in [3.8, 4) is 5.75 Å². The lowest BCUT2D eigenvalue weighted by molar-refractivity contribution is 0.0984. The highest BCUT2D eigenvalue weighted by Crippen LogP contribution is 2.30. The molecule has 1 amide bonds. The van der Waals surface area contributed by atoms with Gasteiger partial charge in [-0.25, -0.2) is 4.98 Å². The normalized spacial score (nSPS) is 11.1. The van der Waals surface area contributed by atoms with Gasteiger partial charge in [0.15, 0.2) is 5.13 Å². The number of carbonyl (C=O) groups excluding carboxylic acids is 1. The number of fused-ring (bicyclic) bond motifs is 1. The molecule has 0 unspecified atom stereocenters.